The fraction of sp³-hybridized carbons (Fsp3) is 0.222. The molecule has 2 heteroatoms. The monoisotopic (exact) mass is 148 g/mol. The average Bonchev–Trinajstić information content (AvgIpc) is 1.98. The van der Waals surface area contributed by atoms with Crippen LogP contribution in [-0.2, 0) is 4.79 Å². The van der Waals surface area contributed by atoms with Crippen molar-refractivity contribution in [3.63, 3.8) is 0 Å². The highest BCUT2D eigenvalue weighted by Gasteiger charge is 2.25. The molecule has 0 bridgehead atoms. The summed E-state index contributed by atoms with van der Waals surface area (Å²) >= 11 is 0. The molecule has 1 atom stereocenters. The van der Waals surface area contributed by atoms with Crippen LogP contribution in [0.3, 0.4) is 0 Å². The highest BCUT2D eigenvalue weighted by atomic mass is 16.3. The lowest BCUT2D eigenvalue weighted by atomic mass is 9.90. The molecule has 0 aromatic carbocycles. The van der Waals surface area contributed by atoms with Crippen LogP contribution in [0.25, 0.3) is 0 Å². The van der Waals surface area contributed by atoms with Gasteiger partial charge in [0.2, 0.25) is 0 Å². The van der Waals surface area contributed by atoms with E-state index in [1.54, 1.807) is 6.92 Å². The van der Waals surface area contributed by atoms with Crippen molar-refractivity contribution in [3.8, 4) is 12.3 Å². The summed E-state index contributed by atoms with van der Waals surface area (Å²) in [5.74, 6) is 2.06. The van der Waals surface area contributed by atoms with Crippen LogP contribution in [0.4, 0.5) is 0 Å². The molecule has 11 heavy (non-hydrogen) atoms. The predicted octanol–water partition coefficient (Wildman–Crippen LogP) is 0.436. The van der Waals surface area contributed by atoms with Gasteiger partial charge < -0.3 is 5.11 Å². The Bertz CT molecular complexity index is 291. The highest BCUT2D eigenvalue weighted by Crippen LogP contribution is 2.20. The second-order valence-electron chi connectivity index (χ2n) is 2.47. The molecule has 1 rings (SSSR count). The molecule has 0 spiro atoms. The molecule has 0 aliphatic heterocycles. The lowest BCUT2D eigenvalue weighted by molar-refractivity contribution is -0.110. The minimum atomic E-state index is -1.35. The molecular formula is C9H8O2. The van der Waals surface area contributed by atoms with E-state index in [9.17, 15) is 9.90 Å². The standard InChI is InChI=1S/C9H8O2/c1-3-9(11)5-4-8(10)6-7(9)2/h1,4-6,11H,2H3. The maximum Gasteiger partial charge on any atom is 0.178 e. The van der Waals surface area contributed by atoms with Crippen LogP contribution >= 0.6 is 0 Å². The van der Waals surface area contributed by atoms with E-state index in [2.05, 4.69) is 5.92 Å². The van der Waals surface area contributed by atoms with Crippen molar-refractivity contribution in [2.24, 2.45) is 0 Å². The van der Waals surface area contributed by atoms with Gasteiger partial charge in [-0.2, -0.15) is 0 Å². The minimum Gasteiger partial charge on any atom is -0.370 e. The molecular weight excluding hydrogens is 140 g/mol. The summed E-state index contributed by atoms with van der Waals surface area (Å²) in [5.41, 5.74) is -0.860. The van der Waals surface area contributed by atoms with E-state index in [4.69, 9.17) is 6.42 Å². The van der Waals surface area contributed by atoms with Gasteiger partial charge in [-0.1, -0.05) is 5.92 Å². The van der Waals surface area contributed by atoms with Gasteiger partial charge in [0.1, 0.15) is 0 Å². The Morgan fingerprint density at radius 2 is 2.36 bits per heavy atom. The van der Waals surface area contributed by atoms with Crippen LogP contribution in [0.2, 0.25) is 0 Å². The molecule has 56 valence electrons. The first-order valence-electron chi connectivity index (χ1n) is 3.20. The summed E-state index contributed by atoms with van der Waals surface area (Å²) in [6.45, 7) is 1.63. The summed E-state index contributed by atoms with van der Waals surface area (Å²) in [6, 6.07) is 0. The maximum absolute atomic E-state index is 10.7. The van der Waals surface area contributed by atoms with E-state index in [0.29, 0.717) is 5.57 Å². The van der Waals surface area contributed by atoms with E-state index in [0.717, 1.165) is 0 Å². The molecule has 1 N–H and O–H groups in total. The average molecular weight is 148 g/mol. The number of allylic oxidation sites excluding steroid dienone is 2. The van der Waals surface area contributed by atoms with Gasteiger partial charge in [-0.15, -0.1) is 6.42 Å². The summed E-state index contributed by atoms with van der Waals surface area (Å²) < 4.78 is 0. The van der Waals surface area contributed by atoms with Gasteiger partial charge in [0.25, 0.3) is 0 Å². The first-order valence-corrected chi connectivity index (χ1v) is 3.20. The number of ketones is 1. The van der Waals surface area contributed by atoms with Gasteiger partial charge in [0.15, 0.2) is 11.4 Å². The Morgan fingerprint density at radius 1 is 1.73 bits per heavy atom. The zero-order valence-electron chi connectivity index (χ0n) is 6.16. The first-order chi connectivity index (χ1) is 5.08. The van der Waals surface area contributed by atoms with Gasteiger partial charge in [0, 0.05) is 0 Å². The van der Waals surface area contributed by atoms with Crippen molar-refractivity contribution in [1.29, 1.82) is 0 Å². The van der Waals surface area contributed by atoms with Crippen LogP contribution in [0, 0.1) is 12.3 Å². The molecule has 2 nitrogen and oxygen atoms in total. The normalized spacial score (nSPS) is 29.5. The van der Waals surface area contributed by atoms with E-state index < -0.39 is 5.60 Å². The molecule has 0 aromatic rings. The van der Waals surface area contributed by atoms with Crippen LogP contribution in [0.1, 0.15) is 6.92 Å². The van der Waals surface area contributed by atoms with Gasteiger partial charge in [-0.25, -0.2) is 0 Å². The number of hydrogen-bond acceptors (Lipinski definition) is 2. The number of carbonyl (C=O) groups is 1. The fourth-order valence-electron chi connectivity index (χ4n) is 0.868. The van der Waals surface area contributed by atoms with E-state index >= 15 is 0 Å². The summed E-state index contributed by atoms with van der Waals surface area (Å²) in [6.07, 6.45) is 9.00. The van der Waals surface area contributed by atoms with Crippen molar-refractivity contribution in [2.45, 2.75) is 12.5 Å². The largest absolute Gasteiger partial charge is 0.370 e. The predicted molar refractivity (Wildman–Crippen MR) is 41.7 cm³/mol. The van der Waals surface area contributed by atoms with Crippen molar-refractivity contribution >= 4 is 5.78 Å². The van der Waals surface area contributed by atoms with Crippen molar-refractivity contribution in [2.75, 3.05) is 0 Å². The molecule has 1 aliphatic carbocycles. The Balaban J connectivity index is 3.08. The van der Waals surface area contributed by atoms with Gasteiger partial charge >= 0.3 is 0 Å². The lowest BCUT2D eigenvalue weighted by Gasteiger charge is -2.20. The number of rotatable bonds is 0. The fourth-order valence-corrected chi connectivity index (χ4v) is 0.868. The minimum absolute atomic E-state index is 0.137. The van der Waals surface area contributed by atoms with E-state index in [-0.39, 0.29) is 5.78 Å². The van der Waals surface area contributed by atoms with Crippen molar-refractivity contribution in [1.82, 2.24) is 0 Å². The van der Waals surface area contributed by atoms with E-state index in [1.807, 2.05) is 0 Å². The second kappa shape index (κ2) is 2.37. The number of terminal acetylenes is 1. The zero-order valence-corrected chi connectivity index (χ0v) is 6.16. The molecule has 0 heterocycles. The smallest absolute Gasteiger partial charge is 0.178 e. The quantitative estimate of drug-likeness (QED) is 0.506. The maximum atomic E-state index is 10.7. The van der Waals surface area contributed by atoms with Crippen molar-refractivity contribution < 1.29 is 9.90 Å². The molecule has 1 unspecified atom stereocenters. The highest BCUT2D eigenvalue weighted by molar-refractivity contribution is 6.01. The molecule has 0 saturated carbocycles. The van der Waals surface area contributed by atoms with Crippen LogP contribution in [-0.4, -0.2) is 16.5 Å². The topological polar surface area (TPSA) is 37.3 Å². The summed E-state index contributed by atoms with van der Waals surface area (Å²) in [7, 11) is 0. The molecule has 0 saturated heterocycles. The molecule has 0 amide bonds. The Labute approximate surface area is 65.2 Å². The number of carbonyl (C=O) groups excluding carboxylic acids is 1. The van der Waals surface area contributed by atoms with Gasteiger partial charge in [-0.05, 0) is 30.7 Å². The van der Waals surface area contributed by atoms with Crippen molar-refractivity contribution in [3.05, 3.63) is 23.8 Å². The van der Waals surface area contributed by atoms with Crippen LogP contribution < -0.4 is 0 Å². The third-order valence-corrected chi connectivity index (χ3v) is 1.67. The van der Waals surface area contributed by atoms with Crippen LogP contribution in [0.15, 0.2) is 23.8 Å². The van der Waals surface area contributed by atoms with Gasteiger partial charge in [0.05, 0.1) is 0 Å². The zero-order chi connectivity index (χ0) is 8.48. The molecule has 0 fully saturated rings. The summed E-state index contributed by atoms with van der Waals surface area (Å²) in [5, 5.41) is 9.52. The molecule has 1 aliphatic rings. The second-order valence-corrected chi connectivity index (χ2v) is 2.47. The number of aliphatic hydroxyl groups is 1. The Morgan fingerprint density at radius 3 is 2.82 bits per heavy atom. The first kappa shape index (κ1) is 7.77. The third-order valence-electron chi connectivity index (χ3n) is 1.67. The van der Waals surface area contributed by atoms with Gasteiger partial charge in [-0.3, -0.25) is 4.79 Å². The lowest BCUT2D eigenvalue weighted by Crippen LogP contribution is -2.28. The molecule has 0 radical (unpaired) electrons. The Kier molecular flexibility index (Phi) is 1.67. The van der Waals surface area contributed by atoms with Crippen LogP contribution in [0.5, 0.6) is 0 Å². The molecule has 0 aromatic heterocycles. The number of hydrogen-bond donors (Lipinski definition) is 1. The summed E-state index contributed by atoms with van der Waals surface area (Å²) in [4.78, 5) is 10.7. The van der Waals surface area contributed by atoms with E-state index in [1.165, 1.54) is 18.2 Å². The third kappa shape index (κ3) is 1.24. The Hall–Kier alpha value is -1.33. The SMILES string of the molecule is C#CC1(O)C=CC(=O)C=C1C.